The first-order valence-corrected chi connectivity index (χ1v) is 7.08. The minimum atomic E-state index is -0.188. The molecule has 0 bridgehead atoms. The number of halogens is 3. The highest BCUT2D eigenvalue weighted by Gasteiger charge is 2.14. The van der Waals surface area contributed by atoms with Crippen LogP contribution in [0.25, 0.3) is 0 Å². The number of aryl methyl sites for hydroxylation is 1. The van der Waals surface area contributed by atoms with Gasteiger partial charge in [-0.3, -0.25) is 0 Å². The molecule has 19 heavy (non-hydrogen) atoms. The molecule has 0 aliphatic heterocycles. The summed E-state index contributed by atoms with van der Waals surface area (Å²) in [6.07, 6.45) is 0. The van der Waals surface area contributed by atoms with Gasteiger partial charge in [-0.15, -0.1) is 0 Å². The molecule has 2 rings (SSSR count). The number of hydrogen-bond acceptors (Lipinski definition) is 1. The Hall–Kier alpha value is -0.900. The summed E-state index contributed by atoms with van der Waals surface area (Å²) in [6.45, 7) is 1.76. The predicted molar refractivity (Wildman–Crippen MR) is 81.2 cm³/mol. The zero-order valence-electron chi connectivity index (χ0n) is 10.7. The van der Waals surface area contributed by atoms with Gasteiger partial charge in [0.1, 0.15) is 5.82 Å². The van der Waals surface area contributed by atoms with Crippen LogP contribution in [-0.4, -0.2) is 7.05 Å². The van der Waals surface area contributed by atoms with Gasteiger partial charge in [-0.05, 0) is 64.8 Å². The van der Waals surface area contributed by atoms with Gasteiger partial charge in [-0.2, -0.15) is 0 Å². The van der Waals surface area contributed by atoms with E-state index in [1.54, 1.807) is 13.0 Å². The molecule has 2 aromatic carbocycles. The summed E-state index contributed by atoms with van der Waals surface area (Å²) in [7, 11) is 1.87. The molecule has 0 aromatic heterocycles. The van der Waals surface area contributed by atoms with Crippen LogP contribution < -0.4 is 5.32 Å². The number of hydrogen-bond donors (Lipinski definition) is 1. The van der Waals surface area contributed by atoms with Crippen LogP contribution in [0.5, 0.6) is 0 Å². The summed E-state index contributed by atoms with van der Waals surface area (Å²) >= 11 is 9.50. The van der Waals surface area contributed by atoms with Crippen molar-refractivity contribution in [1.82, 2.24) is 5.32 Å². The van der Waals surface area contributed by atoms with Crippen molar-refractivity contribution >= 4 is 27.5 Å². The van der Waals surface area contributed by atoms with Gasteiger partial charge >= 0.3 is 0 Å². The molecule has 0 aliphatic rings. The highest BCUT2D eigenvalue weighted by molar-refractivity contribution is 9.10. The average Bonchev–Trinajstić information content (AvgIpc) is 2.39. The molecular formula is C15H14BrClFN. The van der Waals surface area contributed by atoms with Crippen LogP contribution in [0.4, 0.5) is 4.39 Å². The van der Waals surface area contributed by atoms with E-state index in [-0.39, 0.29) is 11.9 Å². The molecule has 0 aliphatic carbocycles. The summed E-state index contributed by atoms with van der Waals surface area (Å²) in [6, 6.07) is 11.0. The van der Waals surface area contributed by atoms with Gasteiger partial charge in [0, 0.05) is 4.47 Å². The standard InChI is InChI=1S/C15H14BrClFN/c1-9-7-10(4-6-14(9)18)15(19-2)11-3-5-12(16)13(17)8-11/h3-8,15,19H,1-2H3. The SMILES string of the molecule is CNC(c1ccc(F)c(C)c1)c1ccc(Br)c(Cl)c1. The van der Waals surface area contributed by atoms with Crippen LogP contribution in [0, 0.1) is 12.7 Å². The Balaban J connectivity index is 2.43. The maximum Gasteiger partial charge on any atom is 0.126 e. The van der Waals surface area contributed by atoms with Gasteiger partial charge in [-0.25, -0.2) is 4.39 Å². The van der Waals surface area contributed by atoms with Gasteiger partial charge in [0.15, 0.2) is 0 Å². The first kappa shape index (κ1) is 14.5. The molecule has 4 heteroatoms. The molecule has 0 heterocycles. The molecule has 1 nitrogen and oxygen atoms in total. The van der Waals surface area contributed by atoms with Crippen molar-refractivity contribution in [3.63, 3.8) is 0 Å². The van der Waals surface area contributed by atoms with E-state index in [1.165, 1.54) is 6.07 Å². The van der Waals surface area contributed by atoms with E-state index in [2.05, 4.69) is 21.2 Å². The first-order chi connectivity index (χ1) is 9.02. The molecule has 0 spiro atoms. The molecule has 0 radical (unpaired) electrons. The maximum atomic E-state index is 13.3. The molecule has 0 saturated carbocycles. The molecule has 1 unspecified atom stereocenters. The molecule has 0 fully saturated rings. The Labute approximate surface area is 125 Å². The van der Waals surface area contributed by atoms with E-state index >= 15 is 0 Å². The van der Waals surface area contributed by atoms with Crippen molar-refractivity contribution in [3.8, 4) is 0 Å². The molecule has 2 aromatic rings. The summed E-state index contributed by atoms with van der Waals surface area (Å²) in [5, 5.41) is 3.90. The van der Waals surface area contributed by atoms with Gasteiger partial charge in [0.2, 0.25) is 0 Å². The van der Waals surface area contributed by atoms with E-state index in [9.17, 15) is 4.39 Å². The van der Waals surface area contributed by atoms with Crippen molar-refractivity contribution in [2.75, 3.05) is 7.05 Å². The Morgan fingerprint density at radius 2 is 1.79 bits per heavy atom. The highest BCUT2D eigenvalue weighted by atomic mass is 79.9. The Morgan fingerprint density at radius 3 is 2.37 bits per heavy atom. The lowest BCUT2D eigenvalue weighted by Crippen LogP contribution is -2.17. The lowest BCUT2D eigenvalue weighted by molar-refractivity contribution is 0.614. The highest BCUT2D eigenvalue weighted by Crippen LogP contribution is 2.29. The molecular weight excluding hydrogens is 329 g/mol. The number of benzene rings is 2. The monoisotopic (exact) mass is 341 g/mol. The Kier molecular flexibility index (Phi) is 4.61. The van der Waals surface area contributed by atoms with Crippen molar-refractivity contribution in [1.29, 1.82) is 0 Å². The third-order valence-corrected chi connectivity index (χ3v) is 4.31. The molecule has 0 amide bonds. The van der Waals surface area contributed by atoms with E-state index in [1.807, 2.05) is 31.3 Å². The smallest absolute Gasteiger partial charge is 0.126 e. The topological polar surface area (TPSA) is 12.0 Å². The predicted octanol–water partition coefficient (Wildman–Crippen LogP) is 4.86. The fourth-order valence-corrected chi connectivity index (χ4v) is 2.50. The van der Waals surface area contributed by atoms with Gasteiger partial charge in [-0.1, -0.05) is 29.8 Å². The van der Waals surface area contributed by atoms with E-state index in [0.717, 1.165) is 15.6 Å². The molecule has 100 valence electrons. The average molecular weight is 343 g/mol. The summed E-state index contributed by atoms with van der Waals surface area (Å²) in [5.41, 5.74) is 2.70. The number of nitrogens with one attached hydrogen (secondary N) is 1. The lowest BCUT2D eigenvalue weighted by atomic mass is 9.97. The van der Waals surface area contributed by atoms with Gasteiger partial charge in [0.05, 0.1) is 11.1 Å². The summed E-state index contributed by atoms with van der Waals surface area (Å²) < 4.78 is 14.2. The second-order valence-corrected chi connectivity index (χ2v) is 5.67. The normalized spacial score (nSPS) is 12.5. The van der Waals surface area contributed by atoms with E-state index in [4.69, 9.17) is 11.6 Å². The van der Waals surface area contributed by atoms with Crippen molar-refractivity contribution in [2.24, 2.45) is 0 Å². The van der Waals surface area contributed by atoms with Crippen molar-refractivity contribution < 1.29 is 4.39 Å². The van der Waals surface area contributed by atoms with Gasteiger partial charge in [0.25, 0.3) is 0 Å². The lowest BCUT2D eigenvalue weighted by Gasteiger charge is -2.18. The largest absolute Gasteiger partial charge is 0.309 e. The van der Waals surface area contributed by atoms with Crippen LogP contribution >= 0.6 is 27.5 Å². The van der Waals surface area contributed by atoms with Crippen molar-refractivity contribution in [2.45, 2.75) is 13.0 Å². The molecule has 1 N–H and O–H groups in total. The van der Waals surface area contributed by atoms with Crippen LogP contribution in [0.3, 0.4) is 0 Å². The number of rotatable bonds is 3. The minimum absolute atomic E-state index is 0.00935. The van der Waals surface area contributed by atoms with Gasteiger partial charge < -0.3 is 5.32 Å². The summed E-state index contributed by atoms with van der Waals surface area (Å²) in [5.74, 6) is -0.188. The second-order valence-electron chi connectivity index (χ2n) is 4.40. The fourth-order valence-electron chi connectivity index (χ4n) is 2.07. The fraction of sp³-hybridized carbons (Fsp3) is 0.200. The summed E-state index contributed by atoms with van der Waals surface area (Å²) in [4.78, 5) is 0. The van der Waals surface area contributed by atoms with Crippen LogP contribution in [-0.2, 0) is 0 Å². The third-order valence-electron chi connectivity index (χ3n) is 3.08. The molecule has 0 saturated heterocycles. The minimum Gasteiger partial charge on any atom is -0.309 e. The van der Waals surface area contributed by atoms with Crippen LogP contribution in [0.2, 0.25) is 5.02 Å². The zero-order chi connectivity index (χ0) is 14.0. The van der Waals surface area contributed by atoms with Crippen LogP contribution in [0.1, 0.15) is 22.7 Å². The first-order valence-electron chi connectivity index (χ1n) is 5.91. The Bertz CT molecular complexity index is 549. The van der Waals surface area contributed by atoms with Crippen LogP contribution in [0.15, 0.2) is 40.9 Å². The third kappa shape index (κ3) is 3.16. The van der Waals surface area contributed by atoms with Crippen molar-refractivity contribution in [3.05, 3.63) is 68.4 Å². The quantitative estimate of drug-likeness (QED) is 0.840. The Morgan fingerprint density at radius 1 is 1.16 bits per heavy atom. The molecule has 1 atom stereocenters. The maximum absolute atomic E-state index is 13.3. The van der Waals surface area contributed by atoms with E-state index in [0.29, 0.717) is 10.6 Å². The van der Waals surface area contributed by atoms with E-state index < -0.39 is 0 Å². The zero-order valence-corrected chi connectivity index (χ0v) is 13.0. The second kappa shape index (κ2) is 6.04.